The van der Waals surface area contributed by atoms with E-state index in [2.05, 4.69) is 39.4 Å². The Balaban J connectivity index is 1.60. The molecule has 1 fully saturated rings. The van der Waals surface area contributed by atoms with E-state index in [1.165, 1.54) is 5.56 Å². The van der Waals surface area contributed by atoms with Gasteiger partial charge in [0, 0.05) is 39.4 Å². The summed E-state index contributed by atoms with van der Waals surface area (Å²) in [5.41, 5.74) is 2.94. The van der Waals surface area contributed by atoms with Gasteiger partial charge in [-0.25, -0.2) is 0 Å². The second-order valence-corrected chi connectivity index (χ2v) is 8.45. The molecule has 0 saturated carbocycles. The van der Waals surface area contributed by atoms with Crippen molar-refractivity contribution < 1.29 is 14.3 Å². The Morgan fingerprint density at radius 1 is 1.06 bits per heavy atom. The zero-order valence-corrected chi connectivity index (χ0v) is 19.7. The Bertz CT molecular complexity index is 1080. The van der Waals surface area contributed by atoms with E-state index >= 15 is 0 Å². The Kier molecular flexibility index (Phi) is 7.47. The van der Waals surface area contributed by atoms with Crippen LogP contribution in [0.15, 0.2) is 60.7 Å². The van der Waals surface area contributed by atoms with Crippen LogP contribution in [0.4, 0.5) is 5.69 Å². The van der Waals surface area contributed by atoms with Crippen molar-refractivity contribution in [1.82, 2.24) is 10.2 Å². The Hall–Kier alpha value is -3.09. The highest BCUT2D eigenvalue weighted by atomic mass is 16.5. The molecule has 1 unspecified atom stereocenters. The van der Waals surface area contributed by atoms with Gasteiger partial charge >= 0.3 is 0 Å². The summed E-state index contributed by atoms with van der Waals surface area (Å²) < 4.78 is 11.4. The van der Waals surface area contributed by atoms with Gasteiger partial charge in [0.15, 0.2) is 0 Å². The molecule has 4 rings (SSSR count). The predicted molar refractivity (Wildman–Crippen MR) is 133 cm³/mol. The molecule has 6 nitrogen and oxygen atoms in total. The standard InChI is InChI=1S/C27H33N3O3/c1-4-33-25-14-11-20-7-5-6-8-23(20)26(25)27(31)28-19-24(30-15-17-32-18-16-30)21-9-12-22(13-10-21)29(2)3/h5-14,24H,4,15-19H2,1-3H3,(H,28,31). The van der Waals surface area contributed by atoms with Crippen LogP contribution in [0.1, 0.15) is 28.9 Å². The van der Waals surface area contributed by atoms with Gasteiger partial charge < -0.3 is 19.7 Å². The number of hydrogen-bond donors (Lipinski definition) is 1. The van der Waals surface area contributed by atoms with Crippen LogP contribution in [0.2, 0.25) is 0 Å². The maximum atomic E-state index is 13.5. The third kappa shape index (κ3) is 5.29. The number of rotatable bonds is 8. The van der Waals surface area contributed by atoms with Crippen LogP contribution in [0.3, 0.4) is 0 Å². The fourth-order valence-electron chi connectivity index (χ4n) is 4.38. The molecule has 0 aliphatic carbocycles. The van der Waals surface area contributed by atoms with E-state index in [4.69, 9.17) is 9.47 Å². The van der Waals surface area contributed by atoms with Gasteiger partial charge in [0.1, 0.15) is 5.75 Å². The van der Waals surface area contributed by atoms with Crippen LogP contribution in [0.25, 0.3) is 10.8 Å². The molecule has 1 amide bonds. The van der Waals surface area contributed by atoms with Gasteiger partial charge in [0.25, 0.3) is 5.91 Å². The highest BCUT2D eigenvalue weighted by molar-refractivity contribution is 6.09. The molecule has 1 N–H and O–H groups in total. The first-order valence-electron chi connectivity index (χ1n) is 11.6. The van der Waals surface area contributed by atoms with E-state index in [1.807, 2.05) is 57.4 Å². The summed E-state index contributed by atoms with van der Waals surface area (Å²) in [6.07, 6.45) is 0. The second kappa shape index (κ2) is 10.7. The molecule has 3 aromatic rings. The number of anilines is 1. The lowest BCUT2D eigenvalue weighted by Crippen LogP contribution is -2.43. The molecule has 1 saturated heterocycles. The van der Waals surface area contributed by atoms with Crippen molar-refractivity contribution in [1.29, 1.82) is 0 Å². The number of benzene rings is 3. The van der Waals surface area contributed by atoms with Gasteiger partial charge in [0.05, 0.1) is 31.4 Å². The van der Waals surface area contributed by atoms with Gasteiger partial charge in [-0.3, -0.25) is 9.69 Å². The first-order chi connectivity index (χ1) is 16.1. The third-order valence-corrected chi connectivity index (χ3v) is 6.15. The Labute approximate surface area is 196 Å². The first kappa shape index (κ1) is 23.1. The Morgan fingerprint density at radius 3 is 2.48 bits per heavy atom. The minimum atomic E-state index is -0.113. The average molecular weight is 448 g/mol. The minimum absolute atomic E-state index is 0.0691. The zero-order chi connectivity index (χ0) is 23.2. The highest BCUT2D eigenvalue weighted by Crippen LogP contribution is 2.29. The van der Waals surface area contributed by atoms with E-state index in [0.29, 0.717) is 37.7 Å². The van der Waals surface area contributed by atoms with Gasteiger partial charge in [-0.1, -0.05) is 42.5 Å². The van der Waals surface area contributed by atoms with Crippen LogP contribution in [-0.4, -0.2) is 64.4 Å². The quantitative estimate of drug-likeness (QED) is 0.563. The molecule has 6 heteroatoms. The lowest BCUT2D eigenvalue weighted by atomic mass is 10.0. The van der Waals surface area contributed by atoms with E-state index in [-0.39, 0.29) is 11.9 Å². The van der Waals surface area contributed by atoms with Crippen LogP contribution >= 0.6 is 0 Å². The molecule has 1 heterocycles. The molecular weight excluding hydrogens is 414 g/mol. The maximum Gasteiger partial charge on any atom is 0.255 e. The van der Waals surface area contributed by atoms with Crippen molar-refractivity contribution in [2.75, 3.05) is 58.5 Å². The molecule has 1 aliphatic heterocycles. The van der Waals surface area contributed by atoms with E-state index in [0.717, 1.165) is 29.5 Å². The van der Waals surface area contributed by atoms with Gasteiger partial charge in [-0.15, -0.1) is 0 Å². The second-order valence-electron chi connectivity index (χ2n) is 8.45. The summed E-state index contributed by atoms with van der Waals surface area (Å²) in [7, 11) is 4.07. The maximum absolute atomic E-state index is 13.5. The van der Waals surface area contributed by atoms with Gasteiger partial charge in [-0.05, 0) is 41.5 Å². The predicted octanol–water partition coefficient (Wildman–Crippen LogP) is 4.11. The molecule has 1 atom stereocenters. The number of morpholine rings is 1. The largest absolute Gasteiger partial charge is 0.493 e. The lowest BCUT2D eigenvalue weighted by Gasteiger charge is -2.35. The van der Waals surface area contributed by atoms with Crippen molar-refractivity contribution >= 4 is 22.4 Å². The zero-order valence-electron chi connectivity index (χ0n) is 19.7. The van der Waals surface area contributed by atoms with Crippen LogP contribution in [-0.2, 0) is 4.74 Å². The molecule has 0 aromatic heterocycles. The summed E-state index contributed by atoms with van der Waals surface area (Å²) in [6, 6.07) is 20.5. The van der Waals surface area contributed by atoms with Gasteiger partial charge in [-0.2, -0.15) is 0 Å². The molecule has 0 spiro atoms. The number of carbonyl (C=O) groups is 1. The number of nitrogens with zero attached hydrogens (tertiary/aromatic N) is 2. The lowest BCUT2D eigenvalue weighted by molar-refractivity contribution is 0.0162. The van der Waals surface area contributed by atoms with E-state index in [1.54, 1.807) is 0 Å². The topological polar surface area (TPSA) is 54.0 Å². The molecular formula is C27H33N3O3. The number of ether oxygens (including phenoxy) is 2. The molecule has 1 aliphatic rings. The smallest absolute Gasteiger partial charge is 0.255 e. The van der Waals surface area contributed by atoms with Crippen molar-refractivity contribution in [3.8, 4) is 5.75 Å². The average Bonchev–Trinajstić information content (AvgIpc) is 2.85. The first-order valence-corrected chi connectivity index (χ1v) is 11.6. The summed E-state index contributed by atoms with van der Waals surface area (Å²) in [5, 5.41) is 5.14. The van der Waals surface area contributed by atoms with Crippen molar-refractivity contribution in [3.63, 3.8) is 0 Å². The monoisotopic (exact) mass is 447 g/mol. The molecule has 0 radical (unpaired) electrons. The number of hydrogen-bond acceptors (Lipinski definition) is 5. The molecule has 174 valence electrons. The van der Waals surface area contributed by atoms with Crippen LogP contribution < -0.4 is 15.0 Å². The number of amides is 1. The normalized spacial score (nSPS) is 15.2. The summed E-state index contributed by atoms with van der Waals surface area (Å²) in [5.74, 6) is 0.505. The fraction of sp³-hybridized carbons (Fsp3) is 0.370. The SMILES string of the molecule is CCOc1ccc2ccccc2c1C(=O)NCC(c1ccc(N(C)C)cc1)N1CCOCC1. The highest BCUT2D eigenvalue weighted by Gasteiger charge is 2.25. The molecule has 3 aromatic carbocycles. The van der Waals surface area contributed by atoms with Crippen molar-refractivity contribution in [3.05, 3.63) is 71.8 Å². The third-order valence-electron chi connectivity index (χ3n) is 6.15. The molecule has 0 bridgehead atoms. The summed E-state index contributed by atoms with van der Waals surface area (Å²) in [6.45, 7) is 6.05. The number of carbonyl (C=O) groups excluding carboxylic acids is 1. The summed E-state index contributed by atoms with van der Waals surface area (Å²) >= 11 is 0. The van der Waals surface area contributed by atoms with E-state index in [9.17, 15) is 4.79 Å². The summed E-state index contributed by atoms with van der Waals surface area (Å²) in [4.78, 5) is 18.0. The molecule has 33 heavy (non-hydrogen) atoms. The van der Waals surface area contributed by atoms with Crippen molar-refractivity contribution in [2.45, 2.75) is 13.0 Å². The van der Waals surface area contributed by atoms with Gasteiger partial charge in [0.2, 0.25) is 0 Å². The minimum Gasteiger partial charge on any atom is -0.493 e. The Morgan fingerprint density at radius 2 is 1.79 bits per heavy atom. The number of nitrogens with one attached hydrogen (secondary N) is 1. The van der Waals surface area contributed by atoms with Crippen LogP contribution in [0.5, 0.6) is 5.75 Å². The van der Waals surface area contributed by atoms with E-state index < -0.39 is 0 Å². The van der Waals surface area contributed by atoms with Crippen LogP contribution in [0, 0.1) is 0 Å². The fourth-order valence-corrected chi connectivity index (χ4v) is 4.38. The number of fused-ring (bicyclic) bond motifs is 1. The van der Waals surface area contributed by atoms with Crippen molar-refractivity contribution in [2.24, 2.45) is 0 Å².